The zero-order valence-corrected chi connectivity index (χ0v) is 14.6. The van der Waals surface area contributed by atoms with Crippen LogP contribution in [0.25, 0.3) is 0 Å². The highest BCUT2D eigenvalue weighted by Crippen LogP contribution is 2.28. The molecule has 0 radical (unpaired) electrons. The maximum Gasteiger partial charge on any atom is 0.257 e. The second kappa shape index (κ2) is 10.5. The summed E-state index contributed by atoms with van der Waals surface area (Å²) in [5.74, 6) is 0.610. The number of rotatable bonds is 10. The molecule has 1 unspecified atom stereocenters. The van der Waals surface area contributed by atoms with Gasteiger partial charge in [0.15, 0.2) is 18.1 Å². The minimum atomic E-state index is -0.489. The van der Waals surface area contributed by atoms with Gasteiger partial charge in [-0.05, 0) is 31.0 Å². The summed E-state index contributed by atoms with van der Waals surface area (Å²) >= 11 is 0. The van der Waals surface area contributed by atoms with Crippen molar-refractivity contribution >= 4 is 11.8 Å². The van der Waals surface area contributed by atoms with Crippen LogP contribution in [0.15, 0.2) is 18.2 Å². The van der Waals surface area contributed by atoms with Crippen molar-refractivity contribution in [1.29, 1.82) is 0 Å². The highest BCUT2D eigenvalue weighted by molar-refractivity contribution is 5.81. The van der Waals surface area contributed by atoms with E-state index in [-0.39, 0.29) is 18.4 Å². The van der Waals surface area contributed by atoms with Gasteiger partial charge in [-0.1, -0.05) is 19.4 Å². The van der Waals surface area contributed by atoms with Crippen LogP contribution in [0.5, 0.6) is 11.5 Å². The number of benzene rings is 1. The third kappa shape index (κ3) is 6.45. The zero-order chi connectivity index (χ0) is 17.9. The van der Waals surface area contributed by atoms with E-state index in [0.717, 1.165) is 12.0 Å². The molecule has 24 heavy (non-hydrogen) atoms. The third-order valence-electron chi connectivity index (χ3n) is 3.36. The summed E-state index contributed by atoms with van der Waals surface area (Å²) in [6, 6.07) is 4.79. The number of nitrogens with one attached hydrogen (secondary N) is 2. The number of likely N-dealkylation sites (N-methyl/N-ethyl adjacent to an activating group) is 1. The summed E-state index contributed by atoms with van der Waals surface area (Å²) in [5, 5.41) is 5.45. The maximum atomic E-state index is 11.8. The van der Waals surface area contributed by atoms with Gasteiger partial charge in [-0.3, -0.25) is 9.59 Å². The third-order valence-corrected chi connectivity index (χ3v) is 3.36. The average molecular weight is 337 g/mol. The standard InChI is InChI=1S/C17H27N3O4/c1-4-6-13(18)17(22)20-10-12-7-8-14(15(9-12)23-3)24-11-16(21)19-5-2/h7-9,13H,4-6,10-11,18H2,1-3H3,(H,19,21)(H,20,22). The molecular weight excluding hydrogens is 310 g/mol. The normalized spacial score (nSPS) is 11.5. The Labute approximate surface area is 142 Å². The molecule has 1 rings (SSSR count). The molecule has 0 fully saturated rings. The van der Waals surface area contributed by atoms with Crippen LogP contribution in [0.1, 0.15) is 32.3 Å². The van der Waals surface area contributed by atoms with Gasteiger partial charge in [0.25, 0.3) is 5.91 Å². The topological polar surface area (TPSA) is 103 Å². The van der Waals surface area contributed by atoms with Crippen LogP contribution in [0.3, 0.4) is 0 Å². The molecule has 0 aliphatic heterocycles. The molecule has 0 heterocycles. The van der Waals surface area contributed by atoms with Crippen LogP contribution < -0.4 is 25.8 Å². The molecule has 1 aromatic rings. The van der Waals surface area contributed by atoms with Gasteiger partial charge in [-0.2, -0.15) is 0 Å². The van der Waals surface area contributed by atoms with E-state index in [1.807, 2.05) is 13.8 Å². The van der Waals surface area contributed by atoms with Crippen molar-refractivity contribution in [2.75, 3.05) is 20.3 Å². The highest BCUT2D eigenvalue weighted by atomic mass is 16.5. The lowest BCUT2D eigenvalue weighted by Gasteiger charge is -2.14. The number of hydrogen-bond acceptors (Lipinski definition) is 5. The lowest BCUT2D eigenvalue weighted by atomic mass is 10.1. The molecule has 7 nitrogen and oxygen atoms in total. The van der Waals surface area contributed by atoms with E-state index >= 15 is 0 Å². The fourth-order valence-electron chi connectivity index (χ4n) is 2.10. The monoisotopic (exact) mass is 337 g/mol. The van der Waals surface area contributed by atoms with Crippen LogP contribution in [-0.4, -0.2) is 38.1 Å². The van der Waals surface area contributed by atoms with Gasteiger partial charge in [-0.15, -0.1) is 0 Å². The van der Waals surface area contributed by atoms with Crippen molar-refractivity contribution < 1.29 is 19.1 Å². The molecular formula is C17H27N3O4. The molecule has 1 aromatic carbocycles. The molecule has 0 bridgehead atoms. The lowest BCUT2D eigenvalue weighted by Crippen LogP contribution is -2.40. The van der Waals surface area contributed by atoms with Crippen molar-refractivity contribution in [3.8, 4) is 11.5 Å². The number of amides is 2. The van der Waals surface area contributed by atoms with Gasteiger partial charge in [0.2, 0.25) is 5.91 Å². The minimum Gasteiger partial charge on any atom is -0.493 e. The Bertz CT molecular complexity index is 549. The number of hydrogen-bond donors (Lipinski definition) is 3. The van der Waals surface area contributed by atoms with E-state index in [2.05, 4.69) is 10.6 Å². The van der Waals surface area contributed by atoms with E-state index in [1.165, 1.54) is 7.11 Å². The molecule has 0 saturated carbocycles. The first-order valence-corrected chi connectivity index (χ1v) is 8.11. The quantitative estimate of drug-likeness (QED) is 0.590. The fraction of sp³-hybridized carbons (Fsp3) is 0.529. The van der Waals surface area contributed by atoms with E-state index in [4.69, 9.17) is 15.2 Å². The second-order valence-corrected chi connectivity index (χ2v) is 5.34. The largest absolute Gasteiger partial charge is 0.493 e. The molecule has 7 heteroatoms. The molecule has 0 saturated heterocycles. The summed E-state index contributed by atoms with van der Waals surface area (Å²) in [5.41, 5.74) is 6.63. The average Bonchev–Trinajstić information content (AvgIpc) is 2.58. The number of methoxy groups -OCH3 is 1. The molecule has 0 aliphatic carbocycles. The molecule has 2 amide bonds. The van der Waals surface area contributed by atoms with Crippen LogP contribution in [0.2, 0.25) is 0 Å². The van der Waals surface area contributed by atoms with Crippen molar-refractivity contribution in [2.45, 2.75) is 39.3 Å². The van der Waals surface area contributed by atoms with Crippen molar-refractivity contribution in [2.24, 2.45) is 5.73 Å². The number of nitrogens with two attached hydrogens (primary N) is 1. The minimum absolute atomic E-state index is 0.0772. The van der Waals surface area contributed by atoms with Crippen LogP contribution in [-0.2, 0) is 16.1 Å². The first-order chi connectivity index (χ1) is 11.5. The predicted octanol–water partition coefficient (Wildman–Crippen LogP) is 0.954. The maximum absolute atomic E-state index is 11.8. The summed E-state index contributed by atoms with van der Waals surface area (Å²) in [7, 11) is 1.52. The number of carbonyl (C=O) groups is 2. The van der Waals surface area contributed by atoms with Crippen LogP contribution in [0, 0.1) is 0 Å². The second-order valence-electron chi connectivity index (χ2n) is 5.34. The zero-order valence-electron chi connectivity index (χ0n) is 14.6. The van der Waals surface area contributed by atoms with Crippen molar-refractivity contribution in [3.05, 3.63) is 23.8 Å². The summed E-state index contributed by atoms with van der Waals surface area (Å²) < 4.78 is 10.7. The van der Waals surface area contributed by atoms with E-state index in [0.29, 0.717) is 31.0 Å². The molecule has 134 valence electrons. The van der Waals surface area contributed by atoms with E-state index < -0.39 is 6.04 Å². The SMILES string of the molecule is CCCC(N)C(=O)NCc1ccc(OCC(=O)NCC)c(OC)c1. The Morgan fingerprint density at radius 3 is 2.58 bits per heavy atom. The van der Waals surface area contributed by atoms with Gasteiger partial charge in [0, 0.05) is 13.1 Å². The smallest absolute Gasteiger partial charge is 0.257 e. The Balaban J connectivity index is 2.62. The predicted molar refractivity (Wildman–Crippen MR) is 91.9 cm³/mol. The summed E-state index contributed by atoms with van der Waals surface area (Å²) in [6.07, 6.45) is 1.52. The lowest BCUT2D eigenvalue weighted by molar-refractivity contribution is -0.123. The van der Waals surface area contributed by atoms with Gasteiger partial charge in [0.05, 0.1) is 13.2 Å². The number of ether oxygens (including phenoxy) is 2. The van der Waals surface area contributed by atoms with Crippen LogP contribution >= 0.6 is 0 Å². The first kappa shape index (κ1) is 19.8. The Hall–Kier alpha value is -2.28. The molecule has 0 spiro atoms. The molecule has 4 N–H and O–H groups in total. The Morgan fingerprint density at radius 2 is 1.96 bits per heavy atom. The summed E-state index contributed by atoms with van der Waals surface area (Å²) in [6.45, 7) is 4.65. The van der Waals surface area contributed by atoms with Gasteiger partial charge in [0.1, 0.15) is 0 Å². The molecule has 1 atom stereocenters. The Morgan fingerprint density at radius 1 is 1.21 bits per heavy atom. The number of carbonyl (C=O) groups excluding carboxylic acids is 2. The summed E-state index contributed by atoms with van der Waals surface area (Å²) in [4.78, 5) is 23.3. The van der Waals surface area contributed by atoms with Gasteiger partial charge >= 0.3 is 0 Å². The van der Waals surface area contributed by atoms with E-state index in [9.17, 15) is 9.59 Å². The molecule has 0 aliphatic rings. The first-order valence-electron chi connectivity index (χ1n) is 8.11. The Kier molecular flexibility index (Phi) is 8.64. The fourth-order valence-corrected chi connectivity index (χ4v) is 2.10. The molecule has 0 aromatic heterocycles. The highest BCUT2D eigenvalue weighted by Gasteiger charge is 2.13. The van der Waals surface area contributed by atoms with Crippen LogP contribution in [0.4, 0.5) is 0 Å². The van der Waals surface area contributed by atoms with Gasteiger partial charge in [-0.25, -0.2) is 0 Å². The van der Waals surface area contributed by atoms with Crippen molar-refractivity contribution in [1.82, 2.24) is 10.6 Å². The van der Waals surface area contributed by atoms with Gasteiger partial charge < -0.3 is 25.8 Å². The van der Waals surface area contributed by atoms with E-state index in [1.54, 1.807) is 18.2 Å². The van der Waals surface area contributed by atoms with Crippen molar-refractivity contribution in [3.63, 3.8) is 0 Å².